The van der Waals surface area contributed by atoms with Crippen molar-refractivity contribution in [1.82, 2.24) is 5.01 Å². The van der Waals surface area contributed by atoms with Gasteiger partial charge < -0.3 is 14.2 Å². The number of benzene rings is 3. The maximum Gasteiger partial charge on any atom is 0.247 e. The van der Waals surface area contributed by atoms with E-state index in [9.17, 15) is 4.79 Å². The Morgan fingerprint density at radius 1 is 0.935 bits per heavy atom. The molecule has 0 saturated heterocycles. The molecule has 6 nitrogen and oxygen atoms in total. The predicted octanol–water partition coefficient (Wildman–Crippen LogP) is 4.84. The largest absolute Gasteiger partial charge is 0.489 e. The van der Waals surface area contributed by atoms with Crippen LogP contribution in [-0.4, -0.2) is 23.4 Å². The summed E-state index contributed by atoms with van der Waals surface area (Å²) in [7, 11) is 0. The molecule has 4 rings (SSSR count). The third-order valence-electron chi connectivity index (χ3n) is 4.87. The number of hydrogen-bond acceptors (Lipinski definition) is 5. The minimum atomic E-state index is -0.629. The summed E-state index contributed by atoms with van der Waals surface area (Å²) in [5.74, 6) is 1.64. The molecule has 1 aliphatic heterocycles. The first-order valence-corrected chi connectivity index (χ1v) is 10.1. The van der Waals surface area contributed by atoms with E-state index in [0.717, 1.165) is 28.2 Å². The zero-order valence-corrected chi connectivity index (χ0v) is 17.5. The number of nitrogens with zero attached hydrogens (tertiary/aromatic N) is 2. The van der Waals surface area contributed by atoms with E-state index < -0.39 is 6.23 Å². The number of aryl methyl sites for hydroxylation is 1. The Labute approximate surface area is 181 Å². The molecule has 31 heavy (non-hydrogen) atoms. The molecule has 1 heterocycles. The van der Waals surface area contributed by atoms with Gasteiger partial charge in [-0.3, -0.25) is 4.79 Å². The second kappa shape index (κ2) is 9.34. The lowest BCUT2D eigenvalue weighted by molar-refractivity contribution is -0.135. The monoisotopic (exact) mass is 416 g/mol. The lowest BCUT2D eigenvalue weighted by atomic mass is 10.2. The third-order valence-corrected chi connectivity index (χ3v) is 4.87. The second-order valence-electron chi connectivity index (χ2n) is 7.23. The van der Waals surface area contributed by atoms with E-state index in [1.807, 2.05) is 85.8 Å². The van der Waals surface area contributed by atoms with Crippen LogP contribution in [0.5, 0.6) is 11.5 Å². The number of rotatable bonds is 7. The maximum absolute atomic E-state index is 12.1. The molecule has 1 amide bonds. The predicted molar refractivity (Wildman–Crippen MR) is 118 cm³/mol. The van der Waals surface area contributed by atoms with Gasteiger partial charge in [-0.05, 0) is 48.4 Å². The number of carbonyl (C=O) groups is 1. The lowest BCUT2D eigenvalue weighted by Crippen LogP contribution is -2.25. The minimum Gasteiger partial charge on any atom is -0.489 e. The van der Waals surface area contributed by atoms with Crippen molar-refractivity contribution in [1.29, 1.82) is 0 Å². The first-order chi connectivity index (χ1) is 15.1. The number of carbonyl (C=O) groups excluding carboxylic acids is 1. The van der Waals surface area contributed by atoms with E-state index in [2.05, 4.69) is 5.10 Å². The van der Waals surface area contributed by atoms with Gasteiger partial charge in [0.2, 0.25) is 18.0 Å². The van der Waals surface area contributed by atoms with Crippen LogP contribution >= 0.6 is 0 Å². The van der Waals surface area contributed by atoms with Gasteiger partial charge in [0.05, 0.1) is 0 Å². The topological polar surface area (TPSA) is 60.4 Å². The standard InChI is InChI=1S/C25H24N2O4/c1-18-8-6-7-11-23(18)30-17-24-26-27(19(2)28)25(31-24)21-12-14-22(15-13-21)29-16-20-9-4-3-5-10-20/h3-15,25H,16-17H2,1-2H3/t25-/m1/s1. The number of para-hydroxylation sites is 1. The third kappa shape index (κ3) is 5.04. The molecule has 0 aliphatic carbocycles. The molecule has 3 aromatic rings. The molecule has 1 atom stereocenters. The summed E-state index contributed by atoms with van der Waals surface area (Å²) in [6.07, 6.45) is -0.629. The van der Waals surface area contributed by atoms with Gasteiger partial charge in [0.1, 0.15) is 18.1 Å². The van der Waals surface area contributed by atoms with E-state index in [1.165, 1.54) is 11.9 Å². The van der Waals surface area contributed by atoms with Crippen LogP contribution in [0.3, 0.4) is 0 Å². The van der Waals surface area contributed by atoms with Crippen molar-refractivity contribution < 1.29 is 19.0 Å². The highest BCUT2D eigenvalue weighted by Crippen LogP contribution is 2.30. The number of ether oxygens (including phenoxy) is 3. The van der Waals surface area contributed by atoms with E-state index >= 15 is 0 Å². The van der Waals surface area contributed by atoms with E-state index in [0.29, 0.717) is 12.5 Å². The zero-order valence-electron chi connectivity index (χ0n) is 17.5. The van der Waals surface area contributed by atoms with Crippen LogP contribution in [0, 0.1) is 6.92 Å². The molecule has 0 fully saturated rings. The molecule has 0 unspecified atom stereocenters. The van der Waals surface area contributed by atoms with Crippen LogP contribution in [0.2, 0.25) is 0 Å². The number of hydrogen-bond donors (Lipinski definition) is 0. The number of amides is 1. The fourth-order valence-electron chi connectivity index (χ4n) is 3.21. The summed E-state index contributed by atoms with van der Waals surface area (Å²) < 4.78 is 17.6. The van der Waals surface area contributed by atoms with Gasteiger partial charge in [0.25, 0.3) is 0 Å². The Balaban J connectivity index is 1.40. The van der Waals surface area contributed by atoms with Gasteiger partial charge in [0, 0.05) is 12.5 Å². The molecule has 158 valence electrons. The van der Waals surface area contributed by atoms with Gasteiger partial charge >= 0.3 is 0 Å². The summed E-state index contributed by atoms with van der Waals surface area (Å²) in [5.41, 5.74) is 2.92. The lowest BCUT2D eigenvalue weighted by Gasteiger charge is -2.19. The normalized spacial score (nSPS) is 15.2. The van der Waals surface area contributed by atoms with Gasteiger partial charge in [-0.25, -0.2) is 0 Å². The van der Waals surface area contributed by atoms with Crippen molar-refractivity contribution in [2.75, 3.05) is 6.61 Å². The molecule has 0 radical (unpaired) electrons. The Kier molecular flexibility index (Phi) is 6.17. The van der Waals surface area contributed by atoms with Crippen LogP contribution < -0.4 is 9.47 Å². The molecular weight excluding hydrogens is 392 g/mol. The minimum absolute atomic E-state index is 0.142. The molecule has 3 aromatic carbocycles. The van der Waals surface area contributed by atoms with E-state index in [-0.39, 0.29) is 12.5 Å². The summed E-state index contributed by atoms with van der Waals surface area (Å²) in [6.45, 7) is 4.06. The summed E-state index contributed by atoms with van der Waals surface area (Å²) >= 11 is 0. The Morgan fingerprint density at radius 2 is 1.65 bits per heavy atom. The van der Waals surface area contributed by atoms with Crippen molar-refractivity contribution in [3.63, 3.8) is 0 Å². The van der Waals surface area contributed by atoms with Crippen molar-refractivity contribution in [3.8, 4) is 11.5 Å². The average Bonchev–Trinajstić information content (AvgIpc) is 3.23. The molecule has 0 saturated carbocycles. The van der Waals surface area contributed by atoms with Crippen molar-refractivity contribution in [3.05, 3.63) is 95.6 Å². The summed E-state index contributed by atoms with van der Waals surface area (Å²) in [4.78, 5) is 12.1. The SMILES string of the molecule is CC(=O)N1N=C(COc2ccccc2C)O[C@@H]1c1ccc(OCc2ccccc2)cc1. The first-order valence-electron chi connectivity index (χ1n) is 10.1. The van der Waals surface area contributed by atoms with Gasteiger partial charge in [-0.2, -0.15) is 5.01 Å². The van der Waals surface area contributed by atoms with Gasteiger partial charge in [-0.15, -0.1) is 5.10 Å². The second-order valence-corrected chi connectivity index (χ2v) is 7.23. The Morgan fingerprint density at radius 3 is 2.35 bits per heavy atom. The van der Waals surface area contributed by atoms with Crippen molar-refractivity contribution in [2.24, 2.45) is 5.10 Å². The molecule has 0 bridgehead atoms. The quantitative estimate of drug-likeness (QED) is 0.553. The fourth-order valence-corrected chi connectivity index (χ4v) is 3.21. The van der Waals surface area contributed by atoms with Gasteiger partial charge in [-0.1, -0.05) is 48.5 Å². The maximum atomic E-state index is 12.1. The molecular formula is C25H24N2O4. The van der Waals surface area contributed by atoms with Crippen LogP contribution in [-0.2, 0) is 16.1 Å². The van der Waals surface area contributed by atoms with Gasteiger partial charge in [0.15, 0.2) is 6.61 Å². The highest BCUT2D eigenvalue weighted by molar-refractivity contribution is 5.83. The molecule has 1 aliphatic rings. The van der Waals surface area contributed by atoms with Crippen LogP contribution in [0.4, 0.5) is 0 Å². The Bertz CT molecular complexity index is 1060. The summed E-state index contributed by atoms with van der Waals surface area (Å²) in [6, 6.07) is 25.2. The van der Waals surface area contributed by atoms with E-state index in [1.54, 1.807) is 0 Å². The first kappa shape index (κ1) is 20.5. The fraction of sp³-hybridized carbons (Fsp3) is 0.200. The zero-order chi connectivity index (χ0) is 21.6. The smallest absolute Gasteiger partial charge is 0.247 e. The Hall–Kier alpha value is -3.80. The molecule has 0 N–H and O–H groups in total. The molecule has 0 spiro atoms. The van der Waals surface area contributed by atoms with Crippen molar-refractivity contribution >= 4 is 11.8 Å². The van der Waals surface area contributed by atoms with E-state index in [4.69, 9.17) is 14.2 Å². The number of hydrazone groups is 1. The summed E-state index contributed by atoms with van der Waals surface area (Å²) in [5, 5.41) is 5.64. The van der Waals surface area contributed by atoms with Crippen LogP contribution in [0.1, 0.15) is 29.8 Å². The average molecular weight is 416 g/mol. The molecule has 6 heteroatoms. The highest BCUT2D eigenvalue weighted by atomic mass is 16.6. The van der Waals surface area contributed by atoms with Crippen LogP contribution in [0.15, 0.2) is 84.0 Å². The van der Waals surface area contributed by atoms with Crippen LogP contribution in [0.25, 0.3) is 0 Å². The molecule has 0 aromatic heterocycles. The highest BCUT2D eigenvalue weighted by Gasteiger charge is 2.32. The van der Waals surface area contributed by atoms with Crippen molar-refractivity contribution in [2.45, 2.75) is 26.7 Å².